The summed E-state index contributed by atoms with van der Waals surface area (Å²) < 4.78 is 5.85. The normalized spacial score (nSPS) is 15.6. The number of rotatable bonds is 6. The molecular weight excluding hydrogens is 352 g/mol. The summed E-state index contributed by atoms with van der Waals surface area (Å²) in [5.74, 6) is 1.30. The van der Waals surface area contributed by atoms with Crippen LogP contribution in [-0.4, -0.2) is 4.92 Å². The van der Waals surface area contributed by atoms with Crippen molar-refractivity contribution in [3.63, 3.8) is 0 Å². The summed E-state index contributed by atoms with van der Waals surface area (Å²) in [4.78, 5) is 10.3. The van der Waals surface area contributed by atoms with E-state index >= 15 is 0 Å². The molecule has 1 N–H and O–H groups in total. The van der Waals surface area contributed by atoms with Gasteiger partial charge >= 0.3 is 0 Å². The number of non-ortho nitro benzene ring substituents is 1. The standard InChI is InChI=1S/C23H22N2O3/c26-25(27)19-11-13-20(14-12-19)28-21-8-3-5-17(15-21)16-24-23-10-4-7-18-6-1-2-9-22(18)23/h1-3,5-6,8-9,11-15,23-24H,4,7,10,16H2/t23-/m0/s1. The van der Waals surface area contributed by atoms with E-state index in [4.69, 9.17) is 4.74 Å². The summed E-state index contributed by atoms with van der Waals surface area (Å²) in [6.45, 7) is 0.760. The van der Waals surface area contributed by atoms with Gasteiger partial charge < -0.3 is 10.1 Å². The number of aryl methyl sites for hydroxylation is 1. The van der Waals surface area contributed by atoms with Gasteiger partial charge in [0.05, 0.1) is 4.92 Å². The Bertz CT molecular complexity index is 970. The Morgan fingerprint density at radius 3 is 2.64 bits per heavy atom. The molecule has 0 heterocycles. The summed E-state index contributed by atoms with van der Waals surface area (Å²) in [6.07, 6.45) is 3.51. The lowest BCUT2D eigenvalue weighted by atomic mass is 9.87. The fourth-order valence-electron chi connectivity index (χ4n) is 3.70. The lowest BCUT2D eigenvalue weighted by Gasteiger charge is -2.26. The maximum atomic E-state index is 10.8. The molecule has 1 atom stereocenters. The molecule has 1 aliphatic rings. The summed E-state index contributed by atoms with van der Waals surface area (Å²) in [6, 6.07) is 23.1. The number of nitro groups is 1. The summed E-state index contributed by atoms with van der Waals surface area (Å²) >= 11 is 0. The second-order valence-electron chi connectivity index (χ2n) is 7.03. The van der Waals surface area contributed by atoms with Crippen molar-refractivity contribution in [1.29, 1.82) is 0 Å². The number of fused-ring (bicyclic) bond motifs is 1. The first-order valence-corrected chi connectivity index (χ1v) is 9.51. The van der Waals surface area contributed by atoms with E-state index in [9.17, 15) is 10.1 Å². The number of hydrogen-bond donors (Lipinski definition) is 1. The summed E-state index contributed by atoms with van der Waals surface area (Å²) in [5.41, 5.74) is 4.05. The van der Waals surface area contributed by atoms with Crippen LogP contribution in [-0.2, 0) is 13.0 Å². The second-order valence-corrected chi connectivity index (χ2v) is 7.03. The number of benzene rings is 3. The van der Waals surface area contributed by atoms with E-state index in [1.54, 1.807) is 12.1 Å². The topological polar surface area (TPSA) is 64.4 Å². The molecule has 0 bridgehead atoms. The van der Waals surface area contributed by atoms with Gasteiger partial charge in [-0.1, -0.05) is 36.4 Å². The Labute approximate surface area is 164 Å². The third kappa shape index (κ3) is 4.21. The highest BCUT2D eigenvalue weighted by Crippen LogP contribution is 2.30. The number of nitrogens with one attached hydrogen (secondary N) is 1. The first-order valence-electron chi connectivity index (χ1n) is 9.51. The molecule has 0 amide bonds. The van der Waals surface area contributed by atoms with Crippen LogP contribution in [0.1, 0.15) is 35.6 Å². The monoisotopic (exact) mass is 374 g/mol. The van der Waals surface area contributed by atoms with E-state index in [0.29, 0.717) is 11.8 Å². The first kappa shape index (κ1) is 18.2. The molecule has 0 aliphatic heterocycles. The second kappa shape index (κ2) is 8.23. The van der Waals surface area contributed by atoms with Gasteiger partial charge in [-0.2, -0.15) is 0 Å². The van der Waals surface area contributed by atoms with Crippen LogP contribution in [0.2, 0.25) is 0 Å². The molecular formula is C23H22N2O3. The SMILES string of the molecule is O=[N+]([O-])c1ccc(Oc2cccc(CN[C@H]3CCCc4ccccc43)c2)cc1. The number of hydrogen-bond acceptors (Lipinski definition) is 4. The van der Waals surface area contributed by atoms with Gasteiger partial charge in [-0.25, -0.2) is 0 Å². The highest BCUT2D eigenvalue weighted by Gasteiger charge is 2.19. The van der Waals surface area contributed by atoms with E-state index in [1.807, 2.05) is 18.2 Å². The summed E-state index contributed by atoms with van der Waals surface area (Å²) in [5, 5.41) is 14.4. The molecule has 0 spiro atoms. The van der Waals surface area contributed by atoms with Crippen molar-refractivity contribution in [2.45, 2.75) is 31.8 Å². The van der Waals surface area contributed by atoms with Crippen LogP contribution in [0, 0.1) is 10.1 Å². The maximum Gasteiger partial charge on any atom is 0.269 e. The van der Waals surface area contributed by atoms with Crippen LogP contribution >= 0.6 is 0 Å². The Kier molecular flexibility index (Phi) is 5.35. The Hall–Kier alpha value is -3.18. The fraction of sp³-hybridized carbons (Fsp3) is 0.217. The zero-order valence-electron chi connectivity index (χ0n) is 15.5. The minimum Gasteiger partial charge on any atom is -0.457 e. The van der Waals surface area contributed by atoms with Gasteiger partial charge in [0.2, 0.25) is 0 Å². The molecule has 5 heteroatoms. The fourth-order valence-corrected chi connectivity index (χ4v) is 3.70. The lowest BCUT2D eigenvalue weighted by molar-refractivity contribution is -0.384. The third-order valence-corrected chi connectivity index (χ3v) is 5.10. The highest BCUT2D eigenvalue weighted by atomic mass is 16.6. The average Bonchev–Trinajstić information content (AvgIpc) is 2.73. The van der Waals surface area contributed by atoms with Crippen LogP contribution < -0.4 is 10.1 Å². The highest BCUT2D eigenvalue weighted by molar-refractivity contribution is 5.39. The predicted molar refractivity (Wildman–Crippen MR) is 109 cm³/mol. The molecule has 142 valence electrons. The van der Waals surface area contributed by atoms with Gasteiger partial charge in [0, 0.05) is 24.7 Å². The molecule has 3 aromatic rings. The molecule has 0 radical (unpaired) electrons. The molecule has 3 aromatic carbocycles. The van der Waals surface area contributed by atoms with Crippen molar-refractivity contribution < 1.29 is 9.66 Å². The molecule has 28 heavy (non-hydrogen) atoms. The van der Waals surface area contributed by atoms with Crippen molar-refractivity contribution in [3.8, 4) is 11.5 Å². The Morgan fingerprint density at radius 1 is 1.00 bits per heavy atom. The van der Waals surface area contributed by atoms with Gasteiger partial charge in [-0.3, -0.25) is 10.1 Å². The van der Waals surface area contributed by atoms with Gasteiger partial charge in [0.1, 0.15) is 11.5 Å². The van der Waals surface area contributed by atoms with Crippen LogP contribution in [0.3, 0.4) is 0 Å². The minimum atomic E-state index is -0.417. The quantitative estimate of drug-likeness (QED) is 0.453. The van der Waals surface area contributed by atoms with E-state index in [1.165, 1.54) is 29.7 Å². The van der Waals surface area contributed by atoms with Gasteiger partial charge in [-0.15, -0.1) is 0 Å². The molecule has 0 fully saturated rings. The predicted octanol–water partition coefficient (Wildman–Crippen LogP) is 5.55. The lowest BCUT2D eigenvalue weighted by Crippen LogP contribution is -2.24. The molecule has 0 unspecified atom stereocenters. The smallest absolute Gasteiger partial charge is 0.269 e. The van der Waals surface area contributed by atoms with E-state index in [0.717, 1.165) is 30.7 Å². The van der Waals surface area contributed by atoms with Crippen LogP contribution in [0.4, 0.5) is 5.69 Å². The number of ether oxygens (including phenoxy) is 1. The molecule has 0 aromatic heterocycles. The van der Waals surface area contributed by atoms with Gasteiger partial charge in [-0.05, 0) is 60.2 Å². The van der Waals surface area contributed by atoms with Crippen LogP contribution in [0.5, 0.6) is 11.5 Å². The van der Waals surface area contributed by atoms with Gasteiger partial charge in [0.25, 0.3) is 5.69 Å². The zero-order valence-corrected chi connectivity index (χ0v) is 15.5. The Balaban J connectivity index is 1.41. The zero-order chi connectivity index (χ0) is 19.3. The van der Waals surface area contributed by atoms with Crippen LogP contribution in [0.25, 0.3) is 0 Å². The van der Waals surface area contributed by atoms with E-state index < -0.39 is 4.92 Å². The largest absolute Gasteiger partial charge is 0.457 e. The van der Waals surface area contributed by atoms with Gasteiger partial charge in [0.15, 0.2) is 0 Å². The number of nitrogens with zero attached hydrogens (tertiary/aromatic N) is 1. The molecule has 4 rings (SSSR count). The average molecular weight is 374 g/mol. The van der Waals surface area contributed by atoms with Crippen molar-refractivity contribution in [2.24, 2.45) is 0 Å². The van der Waals surface area contributed by atoms with Crippen molar-refractivity contribution in [1.82, 2.24) is 5.32 Å². The number of nitro benzene ring substituents is 1. The van der Waals surface area contributed by atoms with Crippen molar-refractivity contribution in [3.05, 3.63) is 99.6 Å². The molecule has 0 saturated carbocycles. The Morgan fingerprint density at radius 2 is 1.82 bits per heavy atom. The molecule has 0 saturated heterocycles. The van der Waals surface area contributed by atoms with Crippen LogP contribution in [0.15, 0.2) is 72.8 Å². The molecule has 1 aliphatic carbocycles. The van der Waals surface area contributed by atoms with Crippen molar-refractivity contribution in [2.75, 3.05) is 0 Å². The summed E-state index contributed by atoms with van der Waals surface area (Å²) in [7, 11) is 0. The maximum absolute atomic E-state index is 10.8. The first-order chi connectivity index (χ1) is 13.7. The van der Waals surface area contributed by atoms with Crippen molar-refractivity contribution >= 4 is 5.69 Å². The molecule has 5 nitrogen and oxygen atoms in total. The van der Waals surface area contributed by atoms with E-state index in [2.05, 4.69) is 35.6 Å². The third-order valence-electron chi connectivity index (χ3n) is 5.10. The van der Waals surface area contributed by atoms with E-state index in [-0.39, 0.29) is 5.69 Å². The minimum absolute atomic E-state index is 0.0538.